The molecule has 1 aliphatic carbocycles. The van der Waals surface area contributed by atoms with Gasteiger partial charge >= 0.3 is 0 Å². The van der Waals surface area contributed by atoms with Crippen LogP contribution in [0.5, 0.6) is 0 Å². The van der Waals surface area contributed by atoms with Gasteiger partial charge in [0, 0.05) is 24.7 Å². The summed E-state index contributed by atoms with van der Waals surface area (Å²) >= 11 is 0. The molecule has 1 saturated heterocycles. The molecule has 0 radical (unpaired) electrons. The molecule has 2 aliphatic rings. The lowest BCUT2D eigenvalue weighted by Crippen LogP contribution is -2.61. The summed E-state index contributed by atoms with van der Waals surface area (Å²) in [7, 11) is 0. The Hall–Kier alpha value is -0.0800. The van der Waals surface area contributed by atoms with Gasteiger partial charge in [-0.2, -0.15) is 0 Å². The van der Waals surface area contributed by atoms with Crippen molar-refractivity contribution in [2.75, 3.05) is 6.54 Å². The van der Waals surface area contributed by atoms with Gasteiger partial charge in [-0.1, -0.05) is 13.8 Å². The maximum absolute atomic E-state index is 3.72. The summed E-state index contributed by atoms with van der Waals surface area (Å²) in [6, 6.07) is 2.15. The summed E-state index contributed by atoms with van der Waals surface area (Å²) in [5.41, 5.74) is 0. The van der Waals surface area contributed by atoms with Crippen molar-refractivity contribution < 1.29 is 0 Å². The Morgan fingerprint density at radius 1 is 1.14 bits per heavy atom. The smallest absolute Gasteiger partial charge is 0.0224 e. The van der Waals surface area contributed by atoms with Gasteiger partial charge in [0.05, 0.1) is 0 Å². The van der Waals surface area contributed by atoms with E-state index in [1.165, 1.54) is 19.3 Å². The van der Waals surface area contributed by atoms with Crippen molar-refractivity contribution >= 4 is 0 Å². The summed E-state index contributed by atoms with van der Waals surface area (Å²) in [4.78, 5) is 0. The van der Waals surface area contributed by atoms with Crippen molar-refractivity contribution in [3.8, 4) is 0 Å². The minimum absolute atomic E-state index is 0.659. The van der Waals surface area contributed by atoms with Crippen molar-refractivity contribution in [2.45, 2.75) is 58.2 Å². The van der Waals surface area contributed by atoms with Crippen LogP contribution in [0.4, 0.5) is 0 Å². The van der Waals surface area contributed by atoms with Crippen molar-refractivity contribution in [1.29, 1.82) is 0 Å². The maximum Gasteiger partial charge on any atom is 0.0224 e. The monoisotopic (exact) mass is 196 g/mol. The molecule has 1 aliphatic heterocycles. The van der Waals surface area contributed by atoms with Crippen molar-refractivity contribution in [3.63, 3.8) is 0 Å². The highest BCUT2D eigenvalue weighted by Gasteiger charge is 2.34. The number of hydrogen-bond acceptors (Lipinski definition) is 2. The van der Waals surface area contributed by atoms with Gasteiger partial charge in [-0.3, -0.25) is 0 Å². The van der Waals surface area contributed by atoms with Gasteiger partial charge in [-0.25, -0.2) is 0 Å². The highest BCUT2D eigenvalue weighted by atomic mass is 15.1. The predicted molar refractivity (Wildman–Crippen MR) is 60.4 cm³/mol. The van der Waals surface area contributed by atoms with Gasteiger partial charge in [0.25, 0.3) is 0 Å². The normalized spacial score (nSPS) is 43.7. The Bertz CT molecular complexity index is 191. The topological polar surface area (TPSA) is 24.1 Å². The van der Waals surface area contributed by atoms with E-state index in [-0.39, 0.29) is 0 Å². The number of hydrogen-bond donors (Lipinski definition) is 2. The highest BCUT2D eigenvalue weighted by Crippen LogP contribution is 2.31. The molecule has 2 rings (SSSR count). The largest absolute Gasteiger partial charge is 0.311 e. The van der Waals surface area contributed by atoms with Gasteiger partial charge in [-0.15, -0.1) is 0 Å². The molecule has 2 N–H and O–H groups in total. The van der Waals surface area contributed by atoms with E-state index in [1.54, 1.807) is 0 Å². The van der Waals surface area contributed by atoms with Crippen molar-refractivity contribution in [1.82, 2.24) is 10.6 Å². The third-order valence-electron chi connectivity index (χ3n) is 4.02. The zero-order chi connectivity index (χ0) is 10.1. The van der Waals surface area contributed by atoms with Crippen LogP contribution in [0.2, 0.25) is 0 Å². The molecule has 1 heterocycles. The number of fused-ring (bicyclic) bond motifs is 1. The first kappa shape index (κ1) is 10.4. The van der Waals surface area contributed by atoms with Crippen LogP contribution in [0.3, 0.4) is 0 Å². The maximum atomic E-state index is 3.72. The summed E-state index contributed by atoms with van der Waals surface area (Å²) in [5, 5.41) is 7.41. The predicted octanol–water partition coefficient (Wildman–Crippen LogP) is 1.76. The summed E-state index contributed by atoms with van der Waals surface area (Å²) in [6.45, 7) is 8.15. The van der Waals surface area contributed by atoms with Crippen LogP contribution in [0.15, 0.2) is 0 Å². The second-order valence-electron chi connectivity index (χ2n) is 5.51. The molecular formula is C12H24N2. The van der Waals surface area contributed by atoms with Crippen LogP contribution in [-0.2, 0) is 0 Å². The van der Waals surface area contributed by atoms with Crippen molar-refractivity contribution in [3.05, 3.63) is 0 Å². The van der Waals surface area contributed by atoms with Gasteiger partial charge < -0.3 is 10.6 Å². The highest BCUT2D eigenvalue weighted by molar-refractivity contribution is 4.95. The fourth-order valence-corrected chi connectivity index (χ4v) is 2.99. The minimum Gasteiger partial charge on any atom is -0.311 e. The Labute approximate surface area is 87.8 Å². The van der Waals surface area contributed by atoms with Gasteiger partial charge in [0.2, 0.25) is 0 Å². The standard InChI is InChI=1S/C12H24N2/c1-8(2)10-4-5-11-12(6-10)13-7-9(3)14-11/h8-14H,4-7H2,1-3H3. The summed E-state index contributed by atoms with van der Waals surface area (Å²) < 4.78 is 0. The first-order chi connectivity index (χ1) is 6.66. The Morgan fingerprint density at radius 3 is 2.64 bits per heavy atom. The van der Waals surface area contributed by atoms with E-state index in [9.17, 15) is 0 Å². The van der Waals surface area contributed by atoms with Crippen molar-refractivity contribution in [2.24, 2.45) is 11.8 Å². The first-order valence-corrected chi connectivity index (χ1v) is 6.16. The molecule has 0 aromatic heterocycles. The van der Waals surface area contributed by atoms with Gasteiger partial charge in [0.1, 0.15) is 0 Å². The molecule has 0 aromatic rings. The first-order valence-electron chi connectivity index (χ1n) is 6.16. The molecule has 0 spiro atoms. The van der Waals surface area contributed by atoms with Gasteiger partial charge in [-0.05, 0) is 38.0 Å². The number of piperazine rings is 1. The molecular weight excluding hydrogens is 172 g/mol. The van der Waals surface area contributed by atoms with E-state index >= 15 is 0 Å². The Morgan fingerprint density at radius 2 is 1.93 bits per heavy atom. The van der Waals surface area contributed by atoms with Crippen LogP contribution < -0.4 is 10.6 Å². The second-order valence-corrected chi connectivity index (χ2v) is 5.51. The second kappa shape index (κ2) is 4.19. The molecule has 4 unspecified atom stereocenters. The molecule has 0 aromatic carbocycles. The minimum atomic E-state index is 0.659. The van der Waals surface area contributed by atoms with Crippen LogP contribution in [-0.4, -0.2) is 24.7 Å². The van der Waals surface area contributed by atoms with E-state index in [2.05, 4.69) is 31.4 Å². The fraction of sp³-hybridized carbons (Fsp3) is 1.00. The van der Waals surface area contributed by atoms with E-state index in [4.69, 9.17) is 0 Å². The third-order valence-corrected chi connectivity index (χ3v) is 4.02. The molecule has 2 heteroatoms. The molecule has 2 nitrogen and oxygen atoms in total. The SMILES string of the molecule is CC1CNC2CC(C(C)C)CCC2N1. The molecule has 82 valence electrons. The molecule has 1 saturated carbocycles. The summed E-state index contributed by atoms with van der Waals surface area (Å²) in [5.74, 6) is 1.80. The zero-order valence-corrected chi connectivity index (χ0v) is 9.72. The fourth-order valence-electron chi connectivity index (χ4n) is 2.99. The lowest BCUT2D eigenvalue weighted by molar-refractivity contribution is 0.154. The third kappa shape index (κ3) is 2.12. The lowest BCUT2D eigenvalue weighted by Gasteiger charge is -2.44. The number of rotatable bonds is 1. The van der Waals surface area contributed by atoms with E-state index < -0.39 is 0 Å². The quantitative estimate of drug-likeness (QED) is 0.668. The average Bonchev–Trinajstić information content (AvgIpc) is 2.16. The van der Waals surface area contributed by atoms with E-state index in [0.29, 0.717) is 6.04 Å². The molecule has 4 atom stereocenters. The van der Waals surface area contributed by atoms with E-state index in [1.807, 2.05) is 0 Å². The lowest BCUT2D eigenvalue weighted by atomic mass is 9.76. The Balaban J connectivity index is 1.91. The molecule has 14 heavy (non-hydrogen) atoms. The summed E-state index contributed by atoms with van der Waals surface area (Å²) in [6.07, 6.45) is 4.16. The van der Waals surface area contributed by atoms with Crippen LogP contribution in [0.25, 0.3) is 0 Å². The molecule has 0 amide bonds. The number of nitrogens with one attached hydrogen (secondary N) is 2. The molecule has 0 bridgehead atoms. The van der Waals surface area contributed by atoms with Crippen LogP contribution in [0, 0.1) is 11.8 Å². The zero-order valence-electron chi connectivity index (χ0n) is 9.72. The molecule has 2 fully saturated rings. The van der Waals surface area contributed by atoms with E-state index in [0.717, 1.165) is 30.5 Å². The Kier molecular flexibility index (Phi) is 3.13. The average molecular weight is 196 g/mol. The van der Waals surface area contributed by atoms with Crippen LogP contribution in [0.1, 0.15) is 40.0 Å². The van der Waals surface area contributed by atoms with Gasteiger partial charge in [0.15, 0.2) is 0 Å². The van der Waals surface area contributed by atoms with Crippen LogP contribution >= 0.6 is 0 Å².